The van der Waals surface area contributed by atoms with Gasteiger partial charge in [0.2, 0.25) is 0 Å². The Hall–Kier alpha value is -2.70. The van der Waals surface area contributed by atoms with Crippen molar-refractivity contribution in [2.45, 2.75) is 13.3 Å². The second-order valence-corrected chi connectivity index (χ2v) is 7.96. The third-order valence-corrected chi connectivity index (χ3v) is 5.40. The number of thiazole rings is 1. The first-order chi connectivity index (χ1) is 14.1. The van der Waals surface area contributed by atoms with E-state index in [0.29, 0.717) is 13.2 Å². The lowest BCUT2D eigenvalue weighted by molar-refractivity contribution is -0.114. The summed E-state index contributed by atoms with van der Waals surface area (Å²) in [6.07, 6.45) is 4.35. The van der Waals surface area contributed by atoms with Gasteiger partial charge in [0.1, 0.15) is 5.75 Å². The van der Waals surface area contributed by atoms with Gasteiger partial charge in [0.25, 0.3) is 5.91 Å². The number of carbonyl (C=O) groups excluding carboxylic acids is 1. The number of aromatic nitrogens is 1. The second-order valence-electron chi connectivity index (χ2n) is 6.95. The van der Waals surface area contributed by atoms with Crippen LogP contribution in [0.3, 0.4) is 0 Å². The number of ether oxygens (including phenoxy) is 1. The van der Waals surface area contributed by atoms with E-state index in [1.165, 1.54) is 11.3 Å². The molecule has 0 saturated heterocycles. The summed E-state index contributed by atoms with van der Waals surface area (Å²) >= 11 is 1.52. The molecule has 6 heteroatoms. The molecule has 0 fully saturated rings. The van der Waals surface area contributed by atoms with Gasteiger partial charge in [0.15, 0.2) is 5.13 Å². The molecule has 152 valence electrons. The lowest BCUT2D eigenvalue weighted by Gasteiger charge is -2.19. The summed E-state index contributed by atoms with van der Waals surface area (Å²) in [5, 5.41) is 0.718. The minimum atomic E-state index is -0.0586. The zero-order valence-corrected chi connectivity index (χ0v) is 18.0. The van der Waals surface area contributed by atoms with Gasteiger partial charge in [-0.1, -0.05) is 41.7 Å². The van der Waals surface area contributed by atoms with Crippen LogP contribution in [-0.2, 0) is 4.79 Å². The van der Waals surface area contributed by atoms with E-state index in [2.05, 4.69) is 4.90 Å². The third kappa shape index (κ3) is 5.89. The summed E-state index contributed by atoms with van der Waals surface area (Å²) in [6.45, 7) is 4.11. The van der Waals surface area contributed by atoms with Crippen molar-refractivity contribution in [1.29, 1.82) is 0 Å². The minimum Gasteiger partial charge on any atom is -0.494 e. The number of carbonyl (C=O) groups is 1. The van der Waals surface area contributed by atoms with Crippen molar-refractivity contribution in [1.82, 2.24) is 9.88 Å². The van der Waals surface area contributed by atoms with Gasteiger partial charge in [-0.05, 0) is 63.8 Å². The molecule has 0 saturated carbocycles. The summed E-state index contributed by atoms with van der Waals surface area (Å²) in [5.74, 6) is 0.765. The predicted molar refractivity (Wildman–Crippen MR) is 122 cm³/mol. The number of hydrogen-bond acceptors (Lipinski definition) is 5. The molecule has 0 atom stereocenters. The molecular formula is C23H27N3O2S. The van der Waals surface area contributed by atoms with Crippen LogP contribution in [0, 0.1) is 0 Å². The predicted octanol–water partition coefficient (Wildman–Crippen LogP) is 4.69. The van der Waals surface area contributed by atoms with Gasteiger partial charge < -0.3 is 9.64 Å². The van der Waals surface area contributed by atoms with Crippen molar-refractivity contribution in [3.63, 3.8) is 0 Å². The van der Waals surface area contributed by atoms with Crippen LogP contribution in [-0.4, -0.2) is 49.6 Å². The third-order valence-electron chi connectivity index (χ3n) is 4.36. The second kappa shape index (κ2) is 10.2. The molecule has 1 aromatic heterocycles. The fourth-order valence-electron chi connectivity index (χ4n) is 2.93. The smallest absolute Gasteiger partial charge is 0.252 e. The number of anilines is 1. The quantitative estimate of drug-likeness (QED) is 0.481. The van der Waals surface area contributed by atoms with Gasteiger partial charge in [0.05, 0.1) is 16.8 Å². The van der Waals surface area contributed by atoms with Gasteiger partial charge in [-0.15, -0.1) is 0 Å². The van der Waals surface area contributed by atoms with Crippen LogP contribution < -0.4 is 9.64 Å². The fourth-order valence-corrected chi connectivity index (χ4v) is 3.96. The summed E-state index contributed by atoms with van der Waals surface area (Å²) in [4.78, 5) is 21.6. The highest BCUT2D eigenvalue weighted by Gasteiger charge is 2.18. The maximum Gasteiger partial charge on any atom is 0.252 e. The Morgan fingerprint density at radius 3 is 2.66 bits per heavy atom. The molecule has 0 spiro atoms. The number of nitrogens with zero attached hydrogens (tertiary/aromatic N) is 3. The SMILES string of the molecule is CCOc1ccc2nc(N(CCCN(C)C)C(=O)C=Cc3ccccc3)sc2c1. The Labute approximate surface area is 176 Å². The molecule has 3 aromatic rings. The molecular weight excluding hydrogens is 382 g/mol. The van der Waals surface area contributed by atoms with Crippen LogP contribution in [0.25, 0.3) is 16.3 Å². The number of benzene rings is 2. The summed E-state index contributed by atoms with van der Waals surface area (Å²) < 4.78 is 6.61. The molecule has 0 radical (unpaired) electrons. The highest BCUT2D eigenvalue weighted by molar-refractivity contribution is 7.22. The lowest BCUT2D eigenvalue weighted by Crippen LogP contribution is -2.32. The van der Waals surface area contributed by atoms with Crippen LogP contribution in [0.15, 0.2) is 54.6 Å². The van der Waals surface area contributed by atoms with Crippen LogP contribution >= 0.6 is 11.3 Å². The van der Waals surface area contributed by atoms with E-state index in [1.807, 2.05) is 75.6 Å². The fraction of sp³-hybridized carbons (Fsp3) is 0.304. The van der Waals surface area contributed by atoms with E-state index < -0.39 is 0 Å². The monoisotopic (exact) mass is 409 g/mol. The zero-order chi connectivity index (χ0) is 20.6. The van der Waals surface area contributed by atoms with Crippen molar-refractivity contribution in [3.8, 4) is 5.75 Å². The largest absolute Gasteiger partial charge is 0.494 e. The molecule has 2 aromatic carbocycles. The Morgan fingerprint density at radius 1 is 1.14 bits per heavy atom. The first-order valence-corrected chi connectivity index (χ1v) is 10.6. The van der Waals surface area contributed by atoms with E-state index in [0.717, 1.165) is 39.6 Å². The zero-order valence-electron chi connectivity index (χ0n) is 17.2. The number of amides is 1. The maximum absolute atomic E-state index is 13.0. The molecule has 1 amide bonds. The summed E-state index contributed by atoms with van der Waals surface area (Å²) in [5.41, 5.74) is 1.88. The Kier molecular flexibility index (Phi) is 7.38. The van der Waals surface area contributed by atoms with E-state index in [1.54, 1.807) is 11.0 Å². The van der Waals surface area contributed by atoms with Crippen molar-refractivity contribution in [2.24, 2.45) is 0 Å². The molecule has 29 heavy (non-hydrogen) atoms. The van der Waals surface area contributed by atoms with Crippen molar-refractivity contribution >= 4 is 38.7 Å². The van der Waals surface area contributed by atoms with Gasteiger partial charge >= 0.3 is 0 Å². The highest BCUT2D eigenvalue weighted by Crippen LogP contribution is 2.32. The van der Waals surface area contributed by atoms with Gasteiger partial charge in [-0.25, -0.2) is 4.98 Å². The van der Waals surface area contributed by atoms with Gasteiger partial charge in [0, 0.05) is 12.6 Å². The van der Waals surface area contributed by atoms with E-state index in [9.17, 15) is 4.79 Å². The topological polar surface area (TPSA) is 45.7 Å². The maximum atomic E-state index is 13.0. The van der Waals surface area contributed by atoms with Crippen molar-refractivity contribution in [3.05, 3.63) is 60.2 Å². The molecule has 0 aliphatic heterocycles. The molecule has 0 aliphatic carbocycles. The summed E-state index contributed by atoms with van der Waals surface area (Å²) in [7, 11) is 4.07. The number of hydrogen-bond donors (Lipinski definition) is 0. The van der Waals surface area contributed by atoms with Gasteiger partial charge in [-0.2, -0.15) is 0 Å². The average Bonchev–Trinajstić information content (AvgIpc) is 3.13. The standard InChI is InChI=1S/C23H27N3O2S/c1-4-28-19-12-13-20-21(17-19)29-23(24-20)26(16-8-15-25(2)3)22(27)14-11-18-9-6-5-7-10-18/h5-7,9-14,17H,4,8,15-16H2,1-3H3. The Balaban J connectivity index is 1.84. The molecule has 0 N–H and O–H groups in total. The van der Waals surface area contributed by atoms with E-state index in [-0.39, 0.29) is 5.91 Å². The van der Waals surface area contributed by atoms with Gasteiger partial charge in [-0.3, -0.25) is 9.69 Å². The number of rotatable bonds is 9. The van der Waals surface area contributed by atoms with Crippen LogP contribution in [0.4, 0.5) is 5.13 Å². The summed E-state index contributed by atoms with van der Waals surface area (Å²) in [6, 6.07) is 15.7. The first-order valence-electron chi connectivity index (χ1n) is 9.79. The molecule has 0 aliphatic rings. The molecule has 5 nitrogen and oxygen atoms in total. The average molecular weight is 410 g/mol. The molecule has 3 rings (SSSR count). The van der Waals surface area contributed by atoms with Crippen molar-refractivity contribution < 1.29 is 9.53 Å². The Morgan fingerprint density at radius 2 is 1.93 bits per heavy atom. The lowest BCUT2D eigenvalue weighted by atomic mass is 10.2. The van der Waals surface area contributed by atoms with Crippen molar-refractivity contribution in [2.75, 3.05) is 38.7 Å². The highest BCUT2D eigenvalue weighted by atomic mass is 32.1. The molecule has 0 bridgehead atoms. The Bertz CT molecular complexity index is 967. The van der Waals surface area contributed by atoms with E-state index in [4.69, 9.17) is 9.72 Å². The normalized spacial score (nSPS) is 11.4. The van der Waals surface area contributed by atoms with Crippen LogP contribution in [0.1, 0.15) is 18.9 Å². The van der Waals surface area contributed by atoms with Crippen LogP contribution in [0.5, 0.6) is 5.75 Å². The molecule has 1 heterocycles. The minimum absolute atomic E-state index is 0.0586. The van der Waals surface area contributed by atoms with Crippen LogP contribution in [0.2, 0.25) is 0 Å². The first kappa shape index (κ1) is 21.0. The van der Waals surface area contributed by atoms with E-state index >= 15 is 0 Å². The number of fused-ring (bicyclic) bond motifs is 1. The molecule has 0 unspecified atom stereocenters.